The Morgan fingerprint density at radius 1 is 1.17 bits per heavy atom. The van der Waals surface area contributed by atoms with Gasteiger partial charge in [0.15, 0.2) is 0 Å². The summed E-state index contributed by atoms with van der Waals surface area (Å²) in [5.74, 6) is 0. The molecule has 0 spiro atoms. The SMILES string of the molecule is [Co].[LiH].[Mn].[Ni].[O]=[Mo]. The fourth-order valence-electron chi connectivity index (χ4n) is 0. The van der Waals surface area contributed by atoms with Gasteiger partial charge in [-0.2, -0.15) is 0 Å². The van der Waals surface area contributed by atoms with Gasteiger partial charge in [-0.15, -0.1) is 0 Å². The van der Waals surface area contributed by atoms with Crippen LogP contribution in [0, 0.1) is 0 Å². The van der Waals surface area contributed by atoms with E-state index in [2.05, 4.69) is 0 Å². The molecule has 0 aliphatic heterocycles. The van der Waals surface area contributed by atoms with Crippen LogP contribution < -0.4 is 0 Å². The summed E-state index contributed by atoms with van der Waals surface area (Å²) in [7, 11) is 0. The minimum absolute atomic E-state index is 0. The van der Waals surface area contributed by atoms with E-state index in [1.54, 1.807) is 0 Å². The zero-order chi connectivity index (χ0) is 2.00. The fraction of sp³-hybridized carbons (Fsp3) is 0. The molecule has 0 aliphatic rings. The second kappa shape index (κ2) is 48.9. The molecule has 40 valence electrons. The third-order valence-electron chi connectivity index (χ3n) is 0. The first-order chi connectivity index (χ1) is 1.00. The molecule has 0 N–H and O–H groups in total. The van der Waals surface area contributed by atoms with Crippen LogP contribution in [0.3, 0.4) is 0 Å². The molecule has 0 saturated heterocycles. The Balaban J connectivity index is -0.000000000833. The van der Waals surface area contributed by atoms with Crippen molar-refractivity contribution in [3.8, 4) is 0 Å². The summed E-state index contributed by atoms with van der Waals surface area (Å²) in [6, 6.07) is 0. The Morgan fingerprint density at radius 3 is 1.17 bits per heavy atom. The molecular formula is HCoLiMnMoNiO. The zero-order valence-electron chi connectivity index (χ0n) is 1.84. The van der Waals surface area contributed by atoms with Crippen LogP contribution in [0.5, 0.6) is 0 Å². The Hall–Kier alpha value is 2.61. The first-order valence-electron chi connectivity index (χ1n) is 0.167. The Kier molecular flexibility index (Phi) is 312. The molecule has 6 heavy (non-hydrogen) atoms. The van der Waals surface area contributed by atoms with Crippen LogP contribution in [0.4, 0.5) is 0 Å². The fourth-order valence-corrected chi connectivity index (χ4v) is 0. The van der Waals surface area contributed by atoms with Crippen molar-refractivity contribution < 1.29 is 73.5 Å². The van der Waals surface area contributed by atoms with E-state index in [0.717, 1.165) is 0 Å². The molecule has 0 aliphatic carbocycles. The third-order valence-corrected chi connectivity index (χ3v) is 0. The van der Waals surface area contributed by atoms with Gasteiger partial charge in [0.25, 0.3) is 0 Å². The van der Waals surface area contributed by atoms with Crippen LogP contribution in [0.25, 0.3) is 0 Å². The van der Waals surface area contributed by atoms with Crippen molar-refractivity contribution in [3.63, 3.8) is 0 Å². The van der Waals surface area contributed by atoms with Crippen molar-refractivity contribution in [2.24, 2.45) is 0 Å². The zero-order valence-corrected chi connectivity index (χ0v) is 7.06. The summed E-state index contributed by atoms with van der Waals surface area (Å²) in [6.45, 7) is 0. The van der Waals surface area contributed by atoms with E-state index in [1.807, 2.05) is 0 Å². The van der Waals surface area contributed by atoms with Gasteiger partial charge in [-0.3, -0.25) is 0 Å². The summed E-state index contributed by atoms with van der Waals surface area (Å²) >= 11 is 0.700. The molecule has 0 heterocycles. The minimum atomic E-state index is 0. The number of rotatable bonds is 0. The van der Waals surface area contributed by atoms with E-state index >= 15 is 0 Å². The monoisotopic (exact) mass is 294 g/mol. The van der Waals surface area contributed by atoms with E-state index in [0.29, 0.717) is 19.8 Å². The number of hydrogen-bond donors (Lipinski definition) is 0. The van der Waals surface area contributed by atoms with Gasteiger partial charge in [0, 0.05) is 50.3 Å². The maximum absolute atomic E-state index is 8.26. The van der Waals surface area contributed by atoms with Crippen molar-refractivity contribution >= 4 is 18.9 Å². The average molecular weight is 292 g/mol. The molecular weight excluding hydrogens is 291 g/mol. The van der Waals surface area contributed by atoms with Gasteiger partial charge in [0.2, 0.25) is 0 Å². The molecule has 0 rings (SSSR count). The van der Waals surface area contributed by atoms with E-state index in [-0.39, 0.29) is 69.2 Å². The van der Waals surface area contributed by atoms with E-state index < -0.39 is 0 Å². The van der Waals surface area contributed by atoms with Gasteiger partial charge in [-0.25, -0.2) is 0 Å². The second-order valence-corrected chi connectivity index (χ2v) is 0. The summed E-state index contributed by atoms with van der Waals surface area (Å²) in [5, 5.41) is 0. The average Bonchev–Trinajstić information content (AvgIpc) is 1.00. The molecule has 0 aromatic carbocycles. The van der Waals surface area contributed by atoms with Gasteiger partial charge >= 0.3 is 42.0 Å². The number of hydrogen-bond acceptors (Lipinski definition) is 1. The molecule has 1 nitrogen and oxygen atoms in total. The Morgan fingerprint density at radius 2 is 1.17 bits per heavy atom. The Labute approximate surface area is 91.1 Å². The predicted molar refractivity (Wildman–Crippen MR) is 7.84 cm³/mol. The third kappa shape index (κ3) is 30.6. The summed E-state index contributed by atoms with van der Waals surface area (Å²) in [4.78, 5) is 0. The molecule has 0 saturated carbocycles. The molecule has 0 fully saturated rings. The molecule has 6 heteroatoms. The predicted octanol–water partition coefficient (Wildman–Crippen LogP) is -0.777. The van der Waals surface area contributed by atoms with Gasteiger partial charge < -0.3 is 0 Å². The van der Waals surface area contributed by atoms with Gasteiger partial charge in [-0.1, -0.05) is 0 Å². The standard InChI is InChI=1S/Co.Li.Mn.Mo.Ni.O.H. The molecule has 0 aromatic rings. The molecule has 0 atom stereocenters. The van der Waals surface area contributed by atoms with Crippen LogP contribution in [-0.2, 0) is 73.5 Å². The van der Waals surface area contributed by atoms with Crippen molar-refractivity contribution in [3.05, 3.63) is 0 Å². The first kappa shape index (κ1) is 38.3. The van der Waals surface area contributed by atoms with E-state index in [1.165, 1.54) is 0 Å². The molecule has 0 bridgehead atoms. The molecule has 0 amide bonds. The van der Waals surface area contributed by atoms with E-state index in [4.69, 9.17) is 3.40 Å². The van der Waals surface area contributed by atoms with Crippen LogP contribution in [0.2, 0.25) is 0 Å². The Bertz CT molecular complexity index is 15.5. The normalized spacial score (nSPS) is 0.667. The second-order valence-electron chi connectivity index (χ2n) is 0. The van der Waals surface area contributed by atoms with Gasteiger partial charge in [0.05, 0.1) is 0 Å². The van der Waals surface area contributed by atoms with Crippen LogP contribution >= 0.6 is 0 Å². The van der Waals surface area contributed by atoms with Gasteiger partial charge in [0.1, 0.15) is 0 Å². The van der Waals surface area contributed by atoms with Crippen molar-refractivity contribution in [1.29, 1.82) is 0 Å². The van der Waals surface area contributed by atoms with Gasteiger partial charge in [-0.05, 0) is 0 Å². The molecule has 2 radical (unpaired) electrons. The van der Waals surface area contributed by atoms with Crippen molar-refractivity contribution in [2.45, 2.75) is 0 Å². The van der Waals surface area contributed by atoms with Crippen molar-refractivity contribution in [1.82, 2.24) is 0 Å². The van der Waals surface area contributed by atoms with Crippen LogP contribution in [0.1, 0.15) is 0 Å². The van der Waals surface area contributed by atoms with Crippen molar-refractivity contribution in [2.75, 3.05) is 0 Å². The summed E-state index contributed by atoms with van der Waals surface area (Å²) < 4.78 is 8.26. The summed E-state index contributed by atoms with van der Waals surface area (Å²) in [6.07, 6.45) is 0. The van der Waals surface area contributed by atoms with E-state index in [9.17, 15) is 0 Å². The first-order valence-corrected chi connectivity index (χ1v) is 0.986. The maximum atomic E-state index is 8.26. The molecule has 0 aromatic heterocycles. The molecule has 0 unspecified atom stereocenters. The van der Waals surface area contributed by atoms with Crippen LogP contribution in [-0.4, -0.2) is 18.9 Å². The van der Waals surface area contributed by atoms with Crippen LogP contribution in [0.15, 0.2) is 0 Å². The quantitative estimate of drug-likeness (QED) is 0.536. The summed E-state index contributed by atoms with van der Waals surface area (Å²) in [5.41, 5.74) is 0. The topological polar surface area (TPSA) is 17.1 Å².